The first-order chi connectivity index (χ1) is 11.3. The lowest BCUT2D eigenvalue weighted by atomic mass is 10.2. The van der Waals surface area contributed by atoms with Gasteiger partial charge in [-0.05, 0) is 42.8 Å². The normalized spacial score (nSPS) is 13.3. The Morgan fingerprint density at radius 2 is 1.39 bits per heavy atom. The molecule has 1 heterocycles. The smallest absolute Gasteiger partial charge is 0.208 e. The highest BCUT2D eigenvalue weighted by Crippen LogP contribution is 2.49. The van der Waals surface area contributed by atoms with Crippen LogP contribution in [-0.4, -0.2) is 7.11 Å². The van der Waals surface area contributed by atoms with Gasteiger partial charge >= 0.3 is 0 Å². The second-order valence-corrected chi connectivity index (χ2v) is 8.47. The highest BCUT2D eigenvalue weighted by atomic mass is 32.2. The molecule has 0 aromatic heterocycles. The summed E-state index contributed by atoms with van der Waals surface area (Å²) in [5.41, 5.74) is 1.27. The van der Waals surface area contributed by atoms with Gasteiger partial charge in [0.1, 0.15) is 10.9 Å². The van der Waals surface area contributed by atoms with Crippen LogP contribution in [-0.2, 0) is 10.9 Å². The lowest BCUT2D eigenvalue weighted by Gasteiger charge is -2.20. The largest absolute Gasteiger partial charge is 0.491 e. The molecule has 114 valence electrons. The highest BCUT2D eigenvalue weighted by molar-refractivity contribution is 8.04. The van der Waals surface area contributed by atoms with Gasteiger partial charge in [-0.25, -0.2) is 0 Å². The third-order valence-corrected chi connectivity index (χ3v) is 7.66. The molecule has 0 N–H and O–H groups in total. The second-order valence-electron chi connectivity index (χ2n) is 5.46. The molecule has 1 aliphatic rings. The number of hydrogen-bond acceptors (Lipinski definition) is 2. The van der Waals surface area contributed by atoms with Gasteiger partial charge in [-0.15, -0.1) is 0 Å². The molecule has 0 spiro atoms. The SMILES string of the molecule is COc1ccc(C)cc1[S+]1c2ccccc2Sc2ccccc21. The predicted octanol–water partition coefficient (Wildman–Crippen LogP) is 5.56. The zero-order chi connectivity index (χ0) is 15.8. The minimum Gasteiger partial charge on any atom is -0.491 e. The van der Waals surface area contributed by atoms with Gasteiger partial charge < -0.3 is 4.74 Å². The van der Waals surface area contributed by atoms with Crippen LogP contribution in [0, 0.1) is 6.92 Å². The number of ether oxygens (including phenoxy) is 1. The van der Waals surface area contributed by atoms with Crippen molar-refractivity contribution in [3.05, 3.63) is 72.3 Å². The number of hydrogen-bond donors (Lipinski definition) is 0. The van der Waals surface area contributed by atoms with Crippen molar-refractivity contribution in [3.8, 4) is 5.75 Å². The van der Waals surface area contributed by atoms with E-state index in [9.17, 15) is 0 Å². The molecule has 0 saturated heterocycles. The van der Waals surface area contributed by atoms with Crippen LogP contribution in [0.1, 0.15) is 5.56 Å². The fraction of sp³-hybridized carbons (Fsp3) is 0.100. The quantitative estimate of drug-likeness (QED) is 0.443. The Kier molecular flexibility index (Phi) is 3.83. The third-order valence-electron chi connectivity index (χ3n) is 3.90. The predicted molar refractivity (Wildman–Crippen MR) is 96.9 cm³/mol. The lowest BCUT2D eigenvalue weighted by Crippen LogP contribution is -2.12. The number of aryl methyl sites for hydroxylation is 1. The van der Waals surface area contributed by atoms with Gasteiger partial charge in [0.15, 0.2) is 15.5 Å². The summed E-state index contributed by atoms with van der Waals surface area (Å²) in [5, 5.41) is 0. The Bertz CT molecular complexity index is 828. The van der Waals surface area contributed by atoms with E-state index in [1.54, 1.807) is 7.11 Å². The molecule has 0 fully saturated rings. The van der Waals surface area contributed by atoms with E-state index < -0.39 is 0 Å². The maximum Gasteiger partial charge on any atom is 0.208 e. The molecule has 0 bridgehead atoms. The van der Waals surface area contributed by atoms with E-state index in [0.29, 0.717) is 0 Å². The standard InChI is InChI=1S/C20H17OS2/c1-14-11-12-15(21-2)20(13-14)23-18-9-5-3-7-16(18)22-17-8-4-6-10-19(17)23/h3-13H,1-2H3/q+1. The molecule has 3 heteroatoms. The molecule has 3 aromatic rings. The highest BCUT2D eigenvalue weighted by Gasteiger charge is 2.39. The van der Waals surface area contributed by atoms with Crippen LogP contribution >= 0.6 is 11.8 Å². The van der Waals surface area contributed by atoms with E-state index in [0.717, 1.165) is 5.75 Å². The van der Waals surface area contributed by atoms with Gasteiger partial charge in [0.25, 0.3) is 0 Å². The Labute approximate surface area is 144 Å². The topological polar surface area (TPSA) is 9.23 Å². The maximum absolute atomic E-state index is 5.68. The number of benzene rings is 3. The number of rotatable bonds is 2. The van der Waals surface area contributed by atoms with Crippen LogP contribution < -0.4 is 4.74 Å². The summed E-state index contributed by atoms with van der Waals surface area (Å²) in [7, 11) is 1.63. The first kappa shape index (κ1) is 14.7. The number of methoxy groups -OCH3 is 1. The number of fused-ring (bicyclic) bond motifs is 2. The van der Waals surface area contributed by atoms with Gasteiger partial charge in [0.05, 0.1) is 16.9 Å². The summed E-state index contributed by atoms with van der Waals surface area (Å²) < 4.78 is 5.68. The Hall–Kier alpha value is -1.84. The summed E-state index contributed by atoms with van der Waals surface area (Å²) >= 11 is 1.86. The van der Waals surface area contributed by atoms with E-state index in [1.165, 1.54) is 30.0 Å². The van der Waals surface area contributed by atoms with Crippen LogP contribution in [0.3, 0.4) is 0 Å². The Morgan fingerprint density at radius 1 is 0.783 bits per heavy atom. The van der Waals surface area contributed by atoms with Crippen molar-refractivity contribution in [2.24, 2.45) is 0 Å². The molecule has 4 rings (SSSR count). The molecular formula is C20H17OS2+. The van der Waals surface area contributed by atoms with E-state index in [1.807, 2.05) is 11.8 Å². The van der Waals surface area contributed by atoms with Crippen molar-refractivity contribution in [1.29, 1.82) is 0 Å². The van der Waals surface area contributed by atoms with Crippen molar-refractivity contribution in [3.63, 3.8) is 0 Å². The summed E-state index contributed by atoms with van der Waals surface area (Å²) in [4.78, 5) is 6.74. The van der Waals surface area contributed by atoms with Crippen LogP contribution in [0.25, 0.3) is 0 Å². The van der Waals surface area contributed by atoms with Crippen molar-refractivity contribution in [1.82, 2.24) is 0 Å². The Balaban J connectivity index is 2.00. The van der Waals surface area contributed by atoms with Gasteiger partial charge in [-0.1, -0.05) is 42.1 Å². The second kappa shape index (κ2) is 5.99. The fourth-order valence-corrected chi connectivity index (χ4v) is 6.78. The Morgan fingerprint density at radius 3 is 2.00 bits per heavy atom. The van der Waals surface area contributed by atoms with Crippen molar-refractivity contribution < 1.29 is 4.74 Å². The van der Waals surface area contributed by atoms with Crippen LogP contribution in [0.15, 0.2) is 91.2 Å². The molecular weight excluding hydrogens is 320 g/mol. The van der Waals surface area contributed by atoms with E-state index in [2.05, 4.69) is 73.7 Å². The zero-order valence-electron chi connectivity index (χ0n) is 13.1. The first-order valence-corrected chi connectivity index (χ1v) is 9.57. The fourth-order valence-electron chi connectivity index (χ4n) is 2.82. The summed E-state index contributed by atoms with van der Waals surface area (Å²) in [6.45, 7) is 2.14. The molecule has 1 nitrogen and oxygen atoms in total. The van der Waals surface area contributed by atoms with Crippen molar-refractivity contribution in [2.75, 3.05) is 7.11 Å². The molecule has 3 aromatic carbocycles. The molecule has 0 unspecified atom stereocenters. The molecule has 0 amide bonds. The van der Waals surface area contributed by atoms with E-state index in [-0.39, 0.29) is 10.9 Å². The average Bonchev–Trinajstić information content (AvgIpc) is 2.59. The maximum atomic E-state index is 5.68. The van der Waals surface area contributed by atoms with Crippen molar-refractivity contribution >= 4 is 22.7 Å². The summed E-state index contributed by atoms with van der Waals surface area (Å²) in [6.07, 6.45) is 0. The molecule has 0 aliphatic carbocycles. The zero-order valence-corrected chi connectivity index (χ0v) is 14.7. The van der Waals surface area contributed by atoms with Crippen LogP contribution in [0.2, 0.25) is 0 Å². The lowest BCUT2D eigenvalue weighted by molar-refractivity contribution is 0.404. The third kappa shape index (κ3) is 2.54. The van der Waals surface area contributed by atoms with E-state index >= 15 is 0 Å². The summed E-state index contributed by atoms with van der Waals surface area (Å²) in [6, 6.07) is 23.9. The van der Waals surface area contributed by atoms with Gasteiger partial charge in [0, 0.05) is 6.07 Å². The minimum atomic E-state index is -0.125. The average molecular weight is 337 g/mol. The van der Waals surface area contributed by atoms with Crippen molar-refractivity contribution in [2.45, 2.75) is 31.4 Å². The van der Waals surface area contributed by atoms with Gasteiger partial charge in [-0.2, -0.15) is 0 Å². The van der Waals surface area contributed by atoms with Gasteiger partial charge in [-0.3, -0.25) is 0 Å². The monoisotopic (exact) mass is 337 g/mol. The molecule has 0 saturated carbocycles. The minimum absolute atomic E-state index is 0.125. The molecule has 0 atom stereocenters. The van der Waals surface area contributed by atoms with Crippen LogP contribution in [0.5, 0.6) is 5.75 Å². The first-order valence-electron chi connectivity index (χ1n) is 7.53. The molecule has 1 aliphatic heterocycles. The van der Waals surface area contributed by atoms with E-state index in [4.69, 9.17) is 4.74 Å². The van der Waals surface area contributed by atoms with Gasteiger partial charge in [0.2, 0.25) is 4.90 Å². The summed E-state index contributed by atoms with van der Waals surface area (Å²) in [5.74, 6) is 0.968. The van der Waals surface area contributed by atoms with Crippen LogP contribution in [0.4, 0.5) is 0 Å². The molecule has 23 heavy (non-hydrogen) atoms. The molecule has 0 radical (unpaired) electrons.